The van der Waals surface area contributed by atoms with Crippen LogP contribution in [0, 0.1) is 12.7 Å². The van der Waals surface area contributed by atoms with E-state index in [1.807, 2.05) is 19.1 Å². The van der Waals surface area contributed by atoms with E-state index in [1.54, 1.807) is 18.3 Å². The molecule has 0 fully saturated rings. The third-order valence-corrected chi connectivity index (χ3v) is 3.14. The molecule has 0 bridgehead atoms. The molecular formula is C14H14ClFN2. The predicted molar refractivity (Wildman–Crippen MR) is 71.0 cm³/mol. The number of halogens is 2. The zero-order chi connectivity index (χ0) is 13.1. The van der Waals surface area contributed by atoms with Gasteiger partial charge in [-0.05, 0) is 42.7 Å². The lowest BCUT2D eigenvalue weighted by Crippen LogP contribution is -2.15. The molecule has 1 atom stereocenters. The van der Waals surface area contributed by atoms with Crippen molar-refractivity contribution in [2.24, 2.45) is 5.73 Å². The lowest BCUT2D eigenvalue weighted by Gasteiger charge is -2.14. The molecule has 1 heterocycles. The maximum absolute atomic E-state index is 13.7. The molecule has 0 saturated heterocycles. The van der Waals surface area contributed by atoms with E-state index in [9.17, 15) is 4.39 Å². The van der Waals surface area contributed by atoms with Crippen LogP contribution in [0.3, 0.4) is 0 Å². The minimum atomic E-state index is -0.320. The van der Waals surface area contributed by atoms with Crippen molar-refractivity contribution in [3.05, 3.63) is 64.2 Å². The van der Waals surface area contributed by atoms with E-state index in [0.29, 0.717) is 17.0 Å². The predicted octanol–water partition coefficient (Wildman–Crippen LogP) is 3.43. The van der Waals surface area contributed by atoms with Gasteiger partial charge in [-0.25, -0.2) is 4.39 Å². The van der Waals surface area contributed by atoms with E-state index < -0.39 is 0 Å². The minimum Gasteiger partial charge on any atom is -0.324 e. The third-order valence-electron chi connectivity index (χ3n) is 2.90. The summed E-state index contributed by atoms with van der Waals surface area (Å²) in [6.07, 6.45) is 2.14. The van der Waals surface area contributed by atoms with Crippen LogP contribution in [0.15, 0.2) is 36.5 Å². The largest absolute Gasteiger partial charge is 0.324 e. The van der Waals surface area contributed by atoms with Gasteiger partial charge in [-0.1, -0.05) is 23.7 Å². The molecule has 4 heteroatoms. The van der Waals surface area contributed by atoms with E-state index in [0.717, 1.165) is 11.3 Å². The molecule has 1 aromatic heterocycles. The summed E-state index contributed by atoms with van der Waals surface area (Å²) in [6, 6.07) is 8.13. The van der Waals surface area contributed by atoms with Crippen molar-refractivity contribution < 1.29 is 4.39 Å². The maximum Gasteiger partial charge on any atom is 0.127 e. The minimum absolute atomic E-state index is 0.269. The quantitative estimate of drug-likeness (QED) is 0.923. The molecule has 18 heavy (non-hydrogen) atoms. The van der Waals surface area contributed by atoms with Crippen LogP contribution < -0.4 is 5.73 Å². The Labute approximate surface area is 111 Å². The van der Waals surface area contributed by atoms with E-state index >= 15 is 0 Å². The van der Waals surface area contributed by atoms with Gasteiger partial charge in [-0.15, -0.1) is 0 Å². The van der Waals surface area contributed by atoms with Crippen molar-refractivity contribution in [1.82, 2.24) is 4.98 Å². The van der Waals surface area contributed by atoms with Gasteiger partial charge in [-0.3, -0.25) is 4.98 Å². The lowest BCUT2D eigenvalue weighted by molar-refractivity contribution is 0.592. The van der Waals surface area contributed by atoms with Gasteiger partial charge in [0.2, 0.25) is 0 Å². The number of nitrogens with zero attached hydrogens (tertiary/aromatic N) is 1. The fourth-order valence-electron chi connectivity index (χ4n) is 1.92. The number of rotatable bonds is 3. The Morgan fingerprint density at radius 3 is 2.83 bits per heavy atom. The highest BCUT2D eigenvalue weighted by atomic mass is 35.5. The molecule has 1 unspecified atom stereocenters. The standard InChI is InChI=1S/C14H14ClFN2/c1-9-12(3-2-6-18-9)14(17)7-10-4-5-11(15)8-13(10)16/h2-6,8,14H,7,17H2,1H3. The second kappa shape index (κ2) is 5.46. The Balaban J connectivity index is 2.21. The molecule has 2 aromatic rings. The highest BCUT2D eigenvalue weighted by Crippen LogP contribution is 2.21. The van der Waals surface area contributed by atoms with Crippen LogP contribution >= 0.6 is 11.6 Å². The number of aryl methyl sites for hydroxylation is 1. The van der Waals surface area contributed by atoms with Crippen molar-refractivity contribution in [3.8, 4) is 0 Å². The van der Waals surface area contributed by atoms with Gasteiger partial charge < -0.3 is 5.73 Å². The lowest BCUT2D eigenvalue weighted by atomic mass is 9.98. The molecule has 2 N–H and O–H groups in total. The van der Waals surface area contributed by atoms with Crippen LogP contribution in [0.1, 0.15) is 22.9 Å². The van der Waals surface area contributed by atoms with E-state index in [-0.39, 0.29) is 11.9 Å². The number of nitrogens with two attached hydrogens (primary N) is 1. The van der Waals surface area contributed by atoms with Gasteiger partial charge in [0.05, 0.1) is 0 Å². The van der Waals surface area contributed by atoms with Crippen LogP contribution in [0.5, 0.6) is 0 Å². The highest BCUT2D eigenvalue weighted by Gasteiger charge is 2.12. The first-order valence-electron chi connectivity index (χ1n) is 5.69. The summed E-state index contributed by atoms with van der Waals surface area (Å²) in [5.41, 5.74) is 8.47. The number of aromatic nitrogens is 1. The molecular weight excluding hydrogens is 251 g/mol. The monoisotopic (exact) mass is 264 g/mol. The summed E-state index contributed by atoms with van der Waals surface area (Å²) < 4.78 is 13.7. The topological polar surface area (TPSA) is 38.9 Å². The second-order valence-electron chi connectivity index (χ2n) is 4.22. The first-order chi connectivity index (χ1) is 8.58. The summed E-state index contributed by atoms with van der Waals surface area (Å²) in [7, 11) is 0. The molecule has 0 aliphatic heterocycles. The Bertz CT molecular complexity index is 557. The Hall–Kier alpha value is -1.45. The average Bonchev–Trinajstić information content (AvgIpc) is 2.33. The SMILES string of the molecule is Cc1ncccc1C(N)Cc1ccc(Cl)cc1F. The molecule has 1 aromatic carbocycles. The van der Waals surface area contributed by atoms with Crippen molar-refractivity contribution in [3.63, 3.8) is 0 Å². The molecule has 94 valence electrons. The van der Waals surface area contributed by atoms with Crippen LogP contribution in [-0.4, -0.2) is 4.98 Å². The van der Waals surface area contributed by atoms with Gasteiger partial charge in [-0.2, -0.15) is 0 Å². The summed E-state index contributed by atoms with van der Waals surface area (Å²) >= 11 is 5.71. The van der Waals surface area contributed by atoms with E-state index in [1.165, 1.54) is 6.07 Å². The van der Waals surface area contributed by atoms with Gasteiger partial charge in [0.1, 0.15) is 5.82 Å². The molecule has 0 spiro atoms. The molecule has 0 amide bonds. The zero-order valence-corrected chi connectivity index (χ0v) is 10.8. The third kappa shape index (κ3) is 2.86. The Morgan fingerprint density at radius 1 is 1.39 bits per heavy atom. The fraction of sp³-hybridized carbons (Fsp3) is 0.214. The smallest absolute Gasteiger partial charge is 0.127 e. The van der Waals surface area contributed by atoms with Crippen LogP contribution in [0.25, 0.3) is 0 Å². The van der Waals surface area contributed by atoms with Crippen molar-refractivity contribution in [2.45, 2.75) is 19.4 Å². The van der Waals surface area contributed by atoms with Crippen LogP contribution in [0.4, 0.5) is 4.39 Å². The first-order valence-corrected chi connectivity index (χ1v) is 6.06. The normalized spacial score (nSPS) is 12.4. The molecule has 0 aliphatic carbocycles. The van der Waals surface area contributed by atoms with Crippen molar-refractivity contribution in [2.75, 3.05) is 0 Å². The molecule has 2 rings (SSSR count). The molecule has 2 nitrogen and oxygen atoms in total. The van der Waals surface area contributed by atoms with Crippen molar-refractivity contribution in [1.29, 1.82) is 0 Å². The molecule has 0 radical (unpaired) electrons. The average molecular weight is 265 g/mol. The van der Waals surface area contributed by atoms with Gasteiger partial charge in [0, 0.05) is 23.0 Å². The number of benzene rings is 1. The molecule has 0 aliphatic rings. The number of hydrogen-bond donors (Lipinski definition) is 1. The highest BCUT2D eigenvalue weighted by molar-refractivity contribution is 6.30. The second-order valence-corrected chi connectivity index (χ2v) is 4.66. The first kappa shape index (κ1) is 13.0. The fourth-order valence-corrected chi connectivity index (χ4v) is 2.08. The summed E-state index contributed by atoms with van der Waals surface area (Å²) in [6.45, 7) is 1.90. The van der Waals surface area contributed by atoms with E-state index in [2.05, 4.69) is 4.98 Å². The zero-order valence-electron chi connectivity index (χ0n) is 10.0. The number of pyridine rings is 1. The van der Waals surface area contributed by atoms with Crippen LogP contribution in [0.2, 0.25) is 5.02 Å². The Morgan fingerprint density at radius 2 is 2.17 bits per heavy atom. The van der Waals surface area contributed by atoms with Crippen LogP contribution in [-0.2, 0) is 6.42 Å². The number of hydrogen-bond acceptors (Lipinski definition) is 2. The summed E-state index contributed by atoms with van der Waals surface area (Å²) in [5.74, 6) is -0.320. The summed E-state index contributed by atoms with van der Waals surface area (Å²) in [5, 5.41) is 0.391. The van der Waals surface area contributed by atoms with Gasteiger partial charge in [0.15, 0.2) is 0 Å². The van der Waals surface area contributed by atoms with Gasteiger partial charge in [0.25, 0.3) is 0 Å². The maximum atomic E-state index is 13.7. The Kier molecular flexibility index (Phi) is 3.94. The van der Waals surface area contributed by atoms with E-state index in [4.69, 9.17) is 17.3 Å². The summed E-state index contributed by atoms with van der Waals surface area (Å²) in [4.78, 5) is 4.18. The molecule has 0 saturated carbocycles. The van der Waals surface area contributed by atoms with Gasteiger partial charge >= 0.3 is 0 Å². The van der Waals surface area contributed by atoms with Crippen molar-refractivity contribution >= 4 is 11.6 Å².